The molecular weight excluding hydrogens is 128 g/mol. The van der Waals surface area contributed by atoms with Crippen molar-refractivity contribution in [2.75, 3.05) is 14.2 Å². The van der Waals surface area contributed by atoms with Crippen LogP contribution in [-0.4, -0.2) is 14.2 Å². The Labute approximate surface area is 60.4 Å². The Morgan fingerprint density at radius 3 is 2.00 bits per heavy atom. The quantitative estimate of drug-likeness (QED) is 0.610. The average Bonchev–Trinajstić information content (AvgIpc) is 2.05. The van der Waals surface area contributed by atoms with Gasteiger partial charge in [0.1, 0.15) is 11.5 Å². The highest BCUT2D eigenvalue weighted by Gasteiger charge is 1.93. The molecule has 2 heteroatoms. The molecule has 10 heavy (non-hydrogen) atoms. The van der Waals surface area contributed by atoms with Crippen molar-refractivity contribution in [2.45, 2.75) is 0 Å². The maximum atomic E-state index is 4.89. The lowest BCUT2D eigenvalue weighted by Gasteiger charge is -2.00. The molecule has 2 nitrogen and oxygen atoms in total. The highest BCUT2D eigenvalue weighted by molar-refractivity contribution is 5.29. The van der Waals surface area contributed by atoms with Gasteiger partial charge in [-0.1, -0.05) is 0 Å². The maximum absolute atomic E-state index is 4.89. The third-order valence-electron chi connectivity index (χ3n) is 1.12. The smallest absolute Gasteiger partial charge is 0.131 e. The van der Waals surface area contributed by atoms with Crippen molar-refractivity contribution in [3.05, 3.63) is 24.3 Å². The van der Waals surface area contributed by atoms with Crippen molar-refractivity contribution in [3.8, 4) is 11.5 Å². The van der Waals surface area contributed by atoms with Crippen molar-refractivity contribution >= 4 is 0 Å². The summed E-state index contributed by atoms with van der Waals surface area (Å²) in [5, 5.41) is 0. The summed E-state index contributed by atoms with van der Waals surface area (Å²) in [4.78, 5) is 0. The Morgan fingerprint density at radius 1 is 1.10 bits per heavy atom. The predicted molar refractivity (Wildman–Crippen MR) is 37.2 cm³/mol. The number of ether oxygens (including phenoxy) is 2. The number of rotatable bonds is 2. The molecule has 0 aromatic heterocycles. The first-order valence-corrected chi connectivity index (χ1v) is 2.88. The van der Waals surface area contributed by atoms with Crippen LogP contribution in [0.4, 0.5) is 0 Å². The standard InChI is InChI=1S/C8H8O2/c1-9-7-4-3-5-8(6-7)10-2/h4-5H,1-2H3. The van der Waals surface area contributed by atoms with Crippen LogP contribution in [0.25, 0.3) is 0 Å². The zero-order valence-corrected chi connectivity index (χ0v) is 5.97. The van der Waals surface area contributed by atoms with Crippen LogP contribution in [0, 0.1) is 12.1 Å². The molecule has 0 N–H and O–H groups in total. The van der Waals surface area contributed by atoms with Crippen LogP contribution in [0.1, 0.15) is 0 Å². The van der Waals surface area contributed by atoms with Gasteiger partial charge in [-0.2, -0.15) is 0 Å². The van der Waals surface area contributed by atoms with Crippen molar-refractivity contribution in [1.29, 1.82) is 0 Å². The van der Waals surface area contributed by atoms with Crippen molar-refractivity contribution in [1.82, 2.24) is 0 Å². The van der Waals surface area contributed by atoms with E-state index in [-0.39, 0.29) is 0 Å². The number of benzene rings is 1. The zero-order chi connectivity index (χ0) is 7.40. The van der Waals surface area contributed by atoms with Crippen LogP contribution in [0.2, 0.25) is 0 Å². The lowest BCUT2D eigenvalue weighted by Crippen LogP contribution is -1.85. The first-order valence-electron chi connectivity index (χ1n) is 2.88. The fraction of sp³-hybridized carbons (Fsp3) is 0.250. The zero-order valence-electron chi connectivity index (χ0n) is 5.97. The van der Waals surface area contributed by atoms with Crippen LogP contribution in [0.15, 0.2) is 12.1 Å². The molecular formula is C8H8O2. The van der Waals surface area contributed by atoms with Crippen LogP contribution >= 0.6 is 0 Å². The van der Waals surface area contributed by atoms with Crippen molar-refractivity contribution in [3.63, 3.8) is 0 Å². The fourth-order valence-corrected chi connectivity index (χ4v) is 0.607. The SMILES string of the molecule is COc1[c]c(OC)c[c]c1. The first kappa shape index (κ1) is 6.93. The maximum Gasteiger partial charge on any atom is 0.131 e. The summed E-state index contributed by atoms with van der Waals surface area (Å²) in [6.07, 6.45) is 0. The fourth-order valence-electron chi connectivity index (χ4n) is 0.607. The summed E-state index contributed by atoms with van der Waals surface area (Å²) in [5.74, 6) is 1.28. The first-order chi connectivity index (χ1) is 4.86. The second-order valence-corrected chi connectivity index (χ2v) is 1.72. The molecule has 0 heterocycles. The third kappa shape index (κ3) is 1.41. The molecule has 1 aromatic rings. The second kappa shape index (κ2) is 3.11. The van der Waals surface area contributed by atoms with Gasteiger partial charge in [0.2, 0.25) is 0 Å². The molecule has 0 saturated carbocycles. The minimum Gasteiger partial charge on any atom is -0.496 e. The van der Waals surface area contributed by atoms with Crippen molar-refractivity contribution < 1.29 is 9.47 Å². The van der Waals surface area contributed by atoms with Crippen LogP contribution in [-0.2, 0) is 0 Å². The monoisotopic (exact) mass is 136 g/mol. The van der Waals surface area contributed by atoms with Gasteiger partial charge in [-0.15, -0.1) is 0 Å². The lowest BCUT2D eigenvalue weighted by molar-refractivity contribution is 0.392. The Balaban J connectivity index is 2.87. The Kier molecular flexibility index (Phi) is 2.15. The van der Waals surface area contributed by atoms with E-state index in [1.54, 1.807) is 26.4 Å². The largest absolute Gasteiger partial charge is 0.496 e. The van der Waals surface area contributed by atoms with Gasteiger partial charge in [-0.3, -0.25) is 0 Å². The molecule has 0 fully saturated rings. The molecule has 0 aliphatic rings. The predicted octanol–water partition coefficient (Wildman–Crippen LogP) is 1.30. The van der Waals surface area contributed by atoms with Gasteiger partial charge in [-0.25, -0.2) is 0 Å². The van der Waals surface area contributed by atoms with Crippen LogP contribution in [0.3, 0.4) is 0 Å². The van der Waals surface area contributed by atoms with Crippen molar-refractivity contribution in [2.24, 2.45) is 0 Å². The summed E-state index contributed by atoms with van der Waals surface area (Å²) in [6.45, 7) is 0. The van der Waals surface area contributed by atoms with E-state index in [4.69, 9.17) is 9.47 Å². The second-order valence-electron chi connectivity index (χ2n) is 1.72. The Morgan fingerprint density at radius 2 is 1.60 bits per heavy atom. The van der Waals surface area contributed by atoms with Crippen LogP contribution < -0.4 is 9.47 Å². The minimum atomic E-state index is 0.638. The van der Waals surface area contributed by atoms with E-state index in [1.807, 2.05) is 0 Å². The lowest BCUT2D eigenvalue weighted by atomic mass is 10.3. The van der Waals surface area contributed by atoms with Gasteiger partial charge >= 0.3 is 0 Å². The topological polar surface area (TPSA) is 18.5 Å². The van der Waals surface area contributed by atoms with Gasteiger partial charge in [-0.05, 0) is 18.2 Å². The third-order valence-corrected chi connectivity index (χ3v) is 1.12. The molecule has 0 bridgehead atoms. The Hall–Kier alpha value is -1.18. The van der Waals surface area contributed by atoms with E-state index in [0.29, 0.717) is 11.5 Å². The summed E-state index contributed by atoms with van der Waals surface area (Å²) < 4.78 is 9.78. The van der Waals surface area contributed by atoms with E-state index in [1.165, 1.54) is 0 Å². The highest BCUT2D eigenvalue weighted by atomic mass is 16.5. The molecule has 0 unspecified atom stereocenters. The molecule has 0 atom stereocenters. The molecule has 0 aliphatic carbocycles. The highest BCUT2D eigenvalue weighted by Crippen LogP contribution is 2.15. The van der Waals surface area contributed by atoms with E-state index in [0.717, 1.165) is 0 Å². The number of methoxy groups -OCH3 is 2. The molecule has 0 saturated heterocycles. The number of hydrogen-bond donors (Lipinski definition) is 0. The molecule has 0 spiro atoms. The van der Waals surface area contributed by atoms with E-state index < -0.39 is 0 Å². The summed E-state index contributed by atoms with van der Waals surface area (Å²) in [6, 6.07) is 9.11. The van der Waals surface area contributed by atoms with E-state index >= 15 is 0 Å². The molecule has 1 aromatic carbocycles. The Bertz CT molecular complexity index is 189. The van der Waals surface area contributed by atoms with E-state index in [2.05, 4.69) is 12.1 Å². The van der Waals surface area contributed by atoms with Gasteiger partial charge in [0.05, 0.1) is 20.3 Å². The molecule has 0 amide bonds. The summed E-state index contributed by atoms with van der Waals surface area (Å²) >= 11 is 0. The van der Waals surface area contributed by atoms with Gasteiger partial charge in [0.25, 0.3) is 0 Å². The normalized spacial score (nSPS) is 9.00. The summed E-state index contributed by atoms with van der Waals surface area (Å²) in [5.41, 5.74) is 0. The minimum absolute atomic E-state index is 0.638. The van der Waals surface area contributed by atoms with Gasteiger partial charge in [0, 0.05) is 0 Å². The van der Waals surface area contributed by atoms with E-state index in [9.17, 15) is 0 Å². The van der Waals surface area contributed by atoms with Gasteiger partial charge < -0.3 is 9.47 Å². The van der Waals surface area contributed by atoms with Crippen LogP contribution in [0.5, 0.6) is 11.5 Å². The average molecular weight is 136 g/mol. The molecule has 1 rings (SSSR count). The van der Waals surface area contributed by atoms with Gasteiger partial charge in [0.15, 0.2) is 0 Å². The number of hydrogen-bond acceptors (Lipinski definition) is 2. The molecule has 2 radical (unpaired) electrons. The summed E-state index contributed by atoms with van der Waals surface area (Å²) in [7, 11) is 3.16. The molecule has 52 valence electrons. The molecule has 0 aliphatic heterocycles.